The molecule has 2 amide bonds. The number of nitrogens with zero attached hydrogens (tertiary/aromatic N) is 4. The monoisotopic (exact) mass is 397 g/mol. The van der Waals surface area contributed by atoms with Crippen molar-refractivity contribution in [1.82, 2.24) is 14.7 Å². The number of hydrogen-bond acceptors (Lipinski definition) is 5. The molecule has 1 saturated heterocycles. The first kappa shape index (κ1) is 19.4. The fraction of sp³-hybridized carbons (Fsp3) is 0.476. The molecule has 0 unspecified atom stereocenters. The van der Waals surface area contributed by atoms with Crippen LogP contribution < -0.4 is 10.6 Å². The van der Waals surface area contributed by atoms with Gasteiger partial charge in [0.05, 0.1) is 17.9 Å². The summed E-state index contributed by atoms with van der Waals surface area (Å²) in [5.74, 6) is -0.396. The van der Waals surface area contributed by atoms with E-state index < -0.39 is 5.91 Å². The van der Waals surface area contributed by atoms with Gasteiger partial charge in [-0.25, -0.2) is 0 Å². The molecule has 3 heterocycles. The highest BCUT2D eigenvalue weighted by Crippen LogP contribution is 2.32. The van der Waals surface area contributed by atoms with Crippen molar-refractivity contribution in [2.75, 3.05) is 31.1 Å². The molecule has 2 N–H and O–H groups in total. The summed E-state index contributed by atoms with van der Waals surface area (Å²) in [6.07, 6.45) is 0.691. The molecule has 1 fully saturated rings. The van der Waals surface area contributed by atoms with Crippen molar-refractivity contribution in [3.63, 3.8) is 0 Å². The predicted octanol–water partition coefficient (Wildman–Crippen LogP) is 1.50. The zero-order chi connectivity index (χ0) is 20.7. The van der Waals surface area contributed by atoms with Crippen LogP contribution in [0.1, 0.15) is 52.1 Å². The summed E-state index contributed by atoms with van der Waals surface area (Å²) in [4.78, 5) is 28.6. The molecule has 2 atom stereocenters. The van der Waals surface area contributed by atoms with Gasteiger partial charge in [0.1, 0.15) is 5.69 Å². The van der Waals surface area contributed by atoms with Crippen molar-refractivity contribution >= 4 is 17.5 Å². The van der Waals surface area contributed by atoms with Gasteiger partial charge in [0, 0.05) is 56.5 Å². The Labute approximate surface area is 170 Å². The van der Waals surface area contributed by atoms with Crippen molar-refractivity contribution in [1.29, 1.82) is 0 Å². The highest BCUT2D eigenvalue weighted by atomic mass is 16.5. The zero-order valence-corrected chi connectivity index (χ0v) is 17.1. The minimum atomic E-state index is -0.430. The number of hydrogen-bond donors (Lipinski definition) is 1. The second-order valence-corrected chi connectivity index (χ2v) is 7.82. The lowest BCUT2D eigenvalue weighted by atomic mass is 9.99. The molecular weight excluding hydrogens is 370 g/mol. The number of rotatable bonds is 3. The minimum absolute atomic E-state index is 0.0336. The fourth-order valence-electron chi connectivity index (χ4n) is 4.29. The molecule has 2 aromatic rings. The third-order valence-electron chi connectivity index (χ3n) is 5.78. The van der Waals surface area contributed by atoms with Gasteiger partial charge >= 0.3 is 0 Å². The molecule has 154 valence electrons. The number of piperazine rings is 1. The average Bonchev–Trinajstić information content (AvgIpc) is 3.04. The van der Waals surface area contributed by atoms with Gasteiger partial charge in [-0.05, 0) is 38.1 Å². The summed E-state index contributed by atoms with van der Waals surface area (Å²) in [7, 11) is 1.83. The Morgan fingerprint density at radius 3 is 2.38 bits per heavy atom. The van der Waals surface area contributed by atoms with E-state index >= 15 is 0 Å². The molecule has 0 bridgehead atoms. The van der Waals surface area contributed by atoms with Crippen LogP contribution in [0.3, 0.4) is 0 Å². The maximum atomic E-state index is 13.3. The SMILES string of the molecule is C[C@@H]1Cc2c(nn(C)c2C(=O)N2CCN(c3ccc(C(N)=O)cc3)CC2)[C@H](C)O1. The Hall–Kier alpha value is -2.87. The lowest BCUT2D eigenvalue weighted by Crippen LogP contribution is -2.49. The number of primary amides is 1. The molecule has 8 nitrogen and oxygen atoms in total. The first-order valence-corrected chi connectivity index (χ1v) is 10.0. The zero-order valence-electron chi connectivity index (χ0n) is 17.1. The lowest BCUT2D eigenvalue weighted by molar-refractivity contribution is -0.00714. The van der Waals surface area contributed by atoms with E-state index in [1.165, 1.54) is 0 Å². The standard InChI is InChI=1S/C21H27N5O3/c1-13-12-17-18(14(2)29-13)23-24(3)19(17)21(28)26-10-8-25(9-11-26)16-6-4-15(5-7-16)20(22)27/h4-7,13-14H,8-12H2,1-3H3,(H2,22,27)/t13-,14+/m1/s1. The van der Waals surface area contributed by atoms with Gasteiger partial charge in [-0.1, -0.05) is 0 Å². The molecule has 1 aromatic heterocycles. The average molecular weight is 397 g/mol. The van der Waals surface area contributed by atoms with Crippen molar-refractivity contribution in [2.45, 2.75) is 32.5 Å². The number of aryl methyl sites for hydroxylation is 1. The Kier molecular flexibility index (Phi) is 5.04. The minimum Gasteiger partial charge on any atom is -0.369 e. The fourth-order valence-corrected chi connectivity index (χ4v) is 4.29. The van der Waals surface area contributed by atoms with E-state index in [0.29, 0.717) is 30.8 Å². The maximum absolute atomic E-state index is 13.3. The van der Waals surface area contributed by atoms with Crippen molar-refractivity contribution in [3.8, 4) is 0 Å². The number of fused-ring (bicyclic) bond motifs is 1. The molecular formula is C21H27N5O3. The molecule has 4 rings (SSSR count). The number of carbonyl (C=O) groups is 2. The Balaban J connectivity index is 1.47. The highest BCUT2D eigenvalue weighted by Gasteiger charge is 2.33. The van der Waals surface area contributed by atoms with Crippen LogP contribution in [0.15, 0.2) is 24.3 Å². The van der Waals surface area contributed by atoms with E-state index in [9.17, 15) is 9.59 Å². The molecule has 0 spiro atoms. The van der Waals surface area contributed by atoms with Gasteiger partial charge in [-0.3, -0.25) is 14.3 Å². The molecule has 0 radical (unpaired) electrons. The Morgan fingerprint density at radius 1 is 1.10 bits per heavy atom. The molecule has 2 aliphatic heterocycles. The van der Waals surface area contributed by atoms with Crippen LogP contribution in [0.5, 0.6) is 0 Å². The van der Waals surface area contributed by atoms with Crippen molar-refractivity contribution in [3.05, 3.63) is 46.8 Å². The number of anilines is 1. The summed E-state index contributed by atoms with van der Waals surface area (Å²) < 4.78 is 7.56. The van der Waals surface area contributed by atoms with Gasteiger partial charge in [0.2, 0.25) is 5.91 Å². The van der Waals surface area contributed by atoms with Crippen LogP contribution in [0, 0.1) is 0 Å². The van der Waals surface area contributed by atoms with Crippen LogP contribution in [0.4, 0.5) is 5.69 Å². The number of amides is 2. The smallest absolute Gasteiger partial charge is 0.272 e. The van der Waals surface area contributed by atoms with Crippen LogP contribution >= 0.6 is 0 Å². The Morgan fingerprint density at radius 2 is 1.76 bits per heavy atom. The van der Waals surface area contributed by atoms with Crippen LogP contribution in [-0.2, 0) is 18.2 Å². The predicted molar refractivity (Wildman–Crippen MR) is 109 cm³/mol. The van der Waals surface area contributed by atoms with E-state index in [4.69, 9.17) is 10.5 Å². The van der Waals surface area contributed by atoms with E-state index in [1.807, 2.05) is 37.9 Å². The normalized spacial score (nSPS) is 21.8. The van der Waals surface area contributed by atoms with Gasteiger partial charge in [0.25, 0.3) is 5.91 Å². The summed E-state index contributed by atoms with van der Waals surface area (Å²) in [5.41, 5.74) is 9.41. The van der Waals surface area contributed by atoms with E-state index in [1.54, 1.807) is 16.8 Å². The maximum Gasteiger partial charge on any atom is 0.272 e. The Bertz CT molecular complexity index is 929. The van der Waals surface area contributed by atoms with E-state index in [-0.39, 0.29) is 18.1 Å². The summed E-state index contributed by atoms with van der Waals surface area (Å²) in [5, 5.41) is 4.56. The molecule has 1 aromatic carbocycles. The van der Waals surface area contributed by atoms with E-state index in [2.05, 4.69) is 10.00 Å². The lowest BCUT2D eigenvalue weighted by Gasteiger charge is -2.36. The third-order valence-corrected chi connectivity index (χ3v) is 5.78. The highest BCUT2D eigenvalue weighted by molar-refractivity contribution is 5.95. The first-order valence-electron chi connectivity index (χ1n) is 10.0. The summed E-state index contributed by atoms with van der Waals surface area (Å²) >= 11 is 0. The third kappa shape index (κ3) is 3.60. The number of nitrogens with two attached hydrogens (primary N) is 1. The molecule has 8 heteroatoms. The number of ether oxygens (including phenoxy) is 1. The number of carbonyl (C=O) groups excluding carboxylic acids is 2. The molecule has 29 heavy (non-hydrogen) atoms. The second-order valence-electron chi connectivity index (χ2n) is 7.82. The van der Waals surface area contributed by atoms with Gasteiger partial charge < -0.3 is 20.3 Å². The topological polar surface area (TPSA) is 93.7 Å². The first-order chi connectivity index (χ1) is 13.8. The van der Waals surface area contributed by atoms with Crippen LogP contribution in [0.2, 0.25) is 0 Å². The van der Waals surface area contributed by atoms with Gasteiger partial charge in [-0.2, -0.15) is 5.10 Å². The second kappa shape index (κ2) is 7.51. The quantitative estimate of drug-likeness (QED) is 0.847. The molecule has 0 saturated carbocycles. The van der Waals surface area contributed by atoms with Crippen molar-refractivity contribution < 1.29 is 14.3 Å². The summed E-state index contributed by atoms with van der Waals surface area (Å²) in [6.45, 7) is 6.76. The van der Waals surface area contributed by atoms with Gasteiger partial charge in [0.15, 0.2) is 0 Å². The molecule has 2 aliphatic rings. The van der Waals surface area contributed by atoms with Crippen LogP contribution in [0.25, 0.3) is 0 Å². The summed E-state index contributed by atoms with van der Waals surface area (Å²) in [6, 6.07) is 7.28. The molecule has 0 aliphatic carbocycles. The van der Waals surface area contributed by atoms with Crippen LogP contribution in [-0.4, -0.2) is 58.8 Å². The largest absolute Gasteiger partial charge is 0.369 e. The van der Waals surface area contributed by atoms with Gasteiger partial charge in [-0.15, -0.1) is 0 Å². The number of benzene rings is 1. The number of aromatic nitrogens is 2. The van der Waals surface area contributed by atoms with Crippen molar-refractivity contribution in [2.24, 2.45) is 12.8 Å². The van der Waals surface area contributed by atoms with E-state index in [0.717, 1.165) is 30.0 Å².